The van der Waals surface area contributed by atoms with Crippen molar-refractivity contribution in [1.82, 2.24) is 29.9 Å². The van der Waals surface area contributed by atoms with Gasteiger partial charge in [-0.3, -0.25) is 0 Å². The number of anilines is 2. The molecule has 1 aromatic carbocycles. The molecule has 2 saturated heterocycles. The third-order valence-corrected chi connectivity index (χ3v) is 7.38. The summed E-state index contributed by atoms with van der Waals surface area (Å²) >= 11 is 12.1. The highest BCUT2D eigenvalue weighted by Gasteiger charge is 2.20. The van der Waals surface area contributed by atoms with E-state index in [9.17, 15) is 0 Å². The molecule has 7 rings (SSSR count). The molecule has 0 saturated carbocycles. The van der Waals surface area contributed by atoms with Gasteiger partial charge in [0.15, 0.2) is 17.5 Å². The number of aromatic nitrogens is 6. The number of methoxy groups -OCH3 is 2. The molecule has 6 heterocycles. The van der Waals surface area contributed by atoms with Crippen LogP contribution in [0.3, 0.4) is 0 Å². The van der Waals surface area contributed by atoms with Crippen molar-refractivity contribution in [2.75, 3.05) is 83.4 Å². The number of aryl methyl sites for hydroxylation is 1. The van der Waals surface area contributed by atoms with Gasteiger partial charge < -0.3 is 28.7 Å². The van der Waals surface area contributed by atoms with E-state index < -0.39 is 0 Å². The molecule has 0 amide bonds. The van der Waals surface area contributed by atoms with Crippen molar-refractivity contribution in [3.63, 3.8) is 0 Å². The zero-order valence-electron chi connectivity index (χ0n) is 26.0. The number of halogens is 2. The third-order valence-electron chi connectivity index (χ3n) is 6.97. The average molecular weight is 668 g/mol. The van der Waals surface area contributed by atoms with E-state index in [4.69, 9.17) is 37.7 Å². The Bertz CT molecular complexity index is 1710. The van der Waals surface area contributed by atoms with Gasteiger partial charge in [-0.05, 0) is 19.1 Å². The molecule has 0 radical (unpaired) electrons. The van der Waals surface area contributed by atoms with Crippen LogP contribution in [0.1, 0.15) is 5.82 Å². The van der Waals surface area contributed by atoms with E-state index in [2.05, 4.69) is 44.2 Å². The van der Waals surface area contributed by atoms with Crippen LogP contribution in [0.2, 0.25) is 10.0 Å². The lowest BCUT2D eigenvalue weighted by atomic mass is 10.2. The maximum atomic E-state index is 6.10. The first-order valence-corrected chi connectivity index (χ1v) is 15.5. The summed E-state index contributed by atoms with van der Waals surface area (Å²) in [7, 11) is 3.17. The lowest BCUT2D eigenvalue weighted by molar-refractivity contribution is -0.00272. The molecule has 4 aromatic heterocycles. The highest BCUT2D eigenvalue weighted by atomic mass is 35.5. The van der Waals surface area contributed by atoms with Gasteiger partial charge in [0.25, 0.3) is 0 Å². The molecule has 242 valence electrons. The summed E-state index contributed by atoms with van der Waals surface area (Å²) in [4.78, 5) is 31.5. The Kier molecular flexibility index (Phi) is 12.2. The molecule has 0 atom stereocenters. The summed E-state index contributed by atoms with van der Waals surface area (Å²) in [5.74, 6) is 3.13. The minimum Gasteiger partial charge on any atom is -0.378 e. The molecule has 2 fully saturated rings. The van der Waals surface area contributed by atoms with Crippen molar-refractivity contribution in [3.8, 4) is 11.4 Å². The first-order valence-electron chi connectivity index (χ1n) is 14.8. The molecule has 0 aliphatic carbocycles. The fraction of sp³-hybridized carbons (Fsp3) is 0.375. The lowest BCUT2D eigenvalue weighted by Crippen LogP contribution is -2.37. The molecule has 0 N–H and O–H groups in total. The van der Waals surface area contributed by atoms with Crippen LogP contribution in [-0.4, -0.2) is 104 Å². The lowest BCUT2D eigenvalue weighted by Gasteiger charge is -2.28. The molecule has 0 unspecified atom stereocenters. The smallest absolute Gasteiger partial charge is 0.162 e. The zero-order chi connectivity index (χ0) is 32.3. The van der Waals surface area contributed by atoms with Gasteiger partial charge in [0.05, 0.1) is 47.5 Å². The molecule has 5 aromatic rings. The molecule has 2 aliphatic heterocycles. The van der Waals surface area contributed by atoms with Crippen LogP contribution in [0.25, 0.3) is 33.5 Å². The second kappa shape index (κ2) is 16.7. The van der Waals surface area contributed by atoms with Crippen LogP contribution in [0, 0.1) is 6.92 Å². The number of pyridine rings is 2. The van der Waals surface area contributed by atoms with E-state index in [0.29, 0.717) is 35.9 Å². The molecule has 12 nitrogen and oxygen atoms in total. The van der Waals surface area contributed by atoms with Crippen molar-refractivity contribution in [2.24, 2.45) is 0 Å². The predicted molar refractivity (Wildman–Crippen MR) is 180 cm³/mol. The van der Waals surface area contributed by atoms with Gasteiger partial charge in [0.2, 0.25) is 0 Å². The van der Waals surface area contributed by atoms with Gasteiger partial charge in [0.1, 0.15) is 23.7 Å². The number of hydrogen-bond donors (Lipinski definition) is 0. The Balaban J connectivity index is 0.000000162. The van der Waals surface area contributed by atoms with Crippen LogP contribution < -0.4 is 9.80 Å². The van der Waals surface area contributed by atoms with Crippen molar-refractivity contribution in [3.05, 3.63) is 70.7 Å². The Morgan fingerprint density at radius 1 is 0.696 bits per heavy atom. The van der Waals surface area contributed by atoms with Gasteiger partial charge in [-0.25, -0.2) is 29.9 Å². The monoisotopic (exact) mass is 666 g/mol. The highest BCUT2D eigenvalue weighted by molar-refractivity contribution is 6.31. The summed E-state index contributed by atoms with van der Waals surface area (Å²) in [6, 6.07) is 13.6. The van der Waals surface area contributed by atoms with Gasteiger partial charge in [-0.2, -0.15) is 0 Å². The molecule has 14 heteroatoms. The molecule has 46 heavy (non-hydrogen) atoms. The minimum atomic E-state index is 0.389. The van der Waals surface area contributed by atoms with E-state index in [1.807, 2.05) is 49.4 Å². The summed E-state index contributed by atoms with van der Waals surface area (Å²) < 4.78 is 19.7. The predicted octanol–water partition coefficient (Wildman–Crippen LogP) is 5.24. The second-order valence-electron chi connectivity index (χ2n) is 10.3. The maximum absolute atomic E-state index is 6.10. The Morgan fingerprint density at radius 2 is 1.20 bits per heavy atom. The molecule has 2 aliphatic rings. The fourth-order valence-corrected chi connectivity index (χ4v) is 5.20. The van der Waals surface area contributed by atoms with Crippen molar-refractivity contribution in [2.45, 2.75) is 6.92 Å². The Labute approximate surface area is 277 Å². The van der Waals surface area contributed by atoms with Crippen molar-refractivity contribution < 1.29 is 18.9 Å². The quantitative estimate of drug-likeness (QED) is 0.228. The molecule has 0 bridgehead atoms. The van der Waals surface area contributed by atoms with Gasteiger partial charge in [-0.15, -0.1) is 0 Å². The summed E-state index contributed by atoms with van der Waals surface area (Å²) in [5, 5.41) is 1.16. The summed E-state index contributed by atoms with van der Waals surface area (Å²) in [6.07, 6.45) is 3.27. The van der Waals surface area contributed by atoms with Gasteiger partial charge >= 0.3 is 0 Å². The van der Waals surface area contributed by atoms with Gasteiger partial charge in [0, 0.05) is 58.4 Å². The van der Waals surface area contributed by atoms with Crippen LogP contribution in [0.15, 0.2) is 54.9 Å². The highest BCUT2D eigenvalue weighted by Crippen LogP contribution is 2.28. The van der Waals surface area contributed by atoms with Crippen LogP contribution in [0.4, 0.5) is 11.6 Å². The summed E-state index contributed by atoms with van der Waals surface area (Å²) in [5.41, 5.74) is 4.09. The molecular weight excluding hydrogens is 631 g/mol. The summed E-state index contributed by atoms with van der Waals surface area (Å²) in [6.45, 7) is 8.35. The van der Waals surface area contributed by atoms with Gasteiger partial charge in [-0.1, -0.05) is 53.5 Å². The van der Waals surface area contributed by atoms with E-state index in [1.165, 1.54) is 0 Å². The van der Waals surface area contributed by atoms with E-state index in [-0.39, 0.29) is 0 Å². The van der Waals surface area contributed by atoms with E-state index in [0.717, 1.165) is 84.5 Å². The number of benzene rings is 1. The number of rotatable bonds is 5. The van der Waals surface area contributed by atoms with Crippen LogP contribution in [0.5, 0.6) is 0 Å². The topological polar surface area (TPSA) is 121 Å². The van der Waals surface area contributed by atoms with Crippen LogP contribution in [-0.2, 0) is 18.9 Å². The fourth-order valence-electron chi connectivity index (χ4n) is 4.90. The van der Waals surface area contributed by atoms with Crippen LogP contribution >= 0.6 is 23.2 Å². The number of fused-ring (bicyclic) bond motifs is 2. The normalized spacial score (nSPS) is 14.8. The second-order valence-corrected chi connectivity index (χ2v) is 11.1. The first-order chi connectivity index (χ1) is 22.5. The number of nitrogens with zero attached hydrogens (tertiary/aromatic N) is 8. The molecular formula is C32H36Cl2N8O4. The zero-order valence-corrected chi connectivity index (χ0v) is 27.5. The first kappa shape index (κ1) is 33.6. The standard InChI is InChI=1S/C17H15ClN4O.C12H13ClN4O.C3H8O2/c18-13-10-14-15(19-11-13)17(22-6-8-23-9-7-22)21-16(20-14)12-4-2-1-3-5-12;1-8-15-10-6-9(13)7-14-11(10)12(16-8)17-2-4-18-5-3-17;1-4-3-5-2/h1-5,10-11H,6-9H2;6-7H,2-5H2,1H3;3H2,1-2H3. The van der Waals surface area contributed by atoms with E-state index >= 15 is 0 Å². The number of hydrogen-bond acceptors (Lipinski definition) is 12. The Hall–Kier alpha value is -3.78. The SMILES string of the molecule is COCOC.Cc1nc(N2CCOCC2)c2ncc(Cl)cc2n1.Clc1cnc2c(N3CCOCC3)nc(-c3ccccc3)nc2c1. The number of ether oxygens (including phenoxy) is 4. The Morgan fingerprint density at radius 3 is 1.70 bits per heavy atom. The number of morpholine rings is 2. The molecule has 0 spiro atoms. The largest absolute Gasteiger partial charge is 0.378 e. The van der Waals surface area contributed by atoms with E-state index in [1.54, 1.807) is 26.6 Å². The van der Waals surface area contributed by atoms with Crippen molar-refractivity contribution >= 4 is 56.9 Å². The van der Waals surface area contributed by atoms with Crippen molar-refractivity contribution in [1.29, 1.82) is 0 Å². The minimum absolute atomic E-state index is 0.389. The maximum Gasteiger partial charge on any atom is 0.162 e. The third kappa shape index (κ3) is 8.72. The average Bonchev–Trinajstić information content (AvgIpc) is 3.09.